The first-order valence-corrected chi connectivity index (χ1v) is 15.0. The number of piperidine rings is 1. The molecule has 1 aromatic heterocycles. The molecule has 0 atom stereocenters. The molecule has 2 aliphatic heterocycles. The second-order valence-corrected chi connectivity index (χ2v) is 13.3. The van der Waals surface area contributed by atoms with E-state index in [1.807, 2.05) is 38.8 Å². The molecule has 8 nitrogen and oxygen atoms in total. The van der Waals surface area contributed by atoms with E-state index in [4.69, 9.17) is 4.84 Å². The number of carbonyl (C=O) groups excluding carboxylic acids is 1. The number of aryl methyl sites for hydroxylation is 2. The third kappa shape index (κ3) is 6.68. The summed E-state index contributed by atoms with van der Waals surface area (Å²) in [5.41, 5.74) is 4.20. The second kappa shape index (κ2) is 11.7. The number of hydrogen-bond donors (Lipinski definition) is 3. The number of anilines is 4. The van der Waals surface area contributed by atoms with Crippen LogP contribution in [0, 0.1) is 13.8 Å². The number of benzene rings is 2. The summed E-state index contributed by atoms with van der Waals surface area (Å²) in [5, 5.41) is 10.9. The molecular formula is C33H41F3N6O2. The molecule has 2 aromatic carbocycles. The first-order valence-electron chi connectivity index (χ1n) is 15.0. The molecule has 0 saturated carbocycles. The van der Waals surface area contributed by atoms with Crippen LogP contribution >= 0.6 is 0 Å². The molecule has 11 heteroatoms. The van der Waals surface area contributed by atoms with E-state index in [-0.39, 0.29) is 29.8 Å². The molecule has 5 rings (SSSR count). The predicted octanol–water partition coefficient (Wildman–Crippen LogP) is 7.61. The van der Waals surface area contributed by atoms with Gasteiger partial charge in [0, 0.05) is 37.2 Å². The van der Waals surface area contributed by atoms with Crippen molar-refractivity contribution in [2.24, 2.45) is 0 Å². The highest BCUT2D eigenvalue weighted by Crippen LogP contribution is 2.41. The molecule has 1 saturated heterocycles. The lowest BCUT2D eigenvalue weighted by Gasteiger charge is -2.36. The zero-order valence-electron chi connectivity index (χ0n) is 26.4. The average molecular weight is 611 g/mol. The van der Waals surface area contributed by atoms with Crippen molar-refractivity contribution < 1.29 is 22.8 Å². The van der Waals surface area contributed by atoms with Crippen LogP contribution in [0.5, 0.6) is 0 Å². The summed E-state index contributed by atoms with van der Waals surface area (Å²) in [6.07, 6.45) is -1.90. The number of rotatable bonds is 7. The fourth-order valence-electron chi connectivity index (χ4n) is 6.12. The van der Waals surface area contributed by atoms with Crippen molar-refractivity contribution in [3.05, 3.63) is 69.9 Å². The Morgan fingerprint density at radius 3 is 2.45 bits per heavy atom. The van der Waals surface area contributed by atoms with Crippen LogP contribution in [0.4, 0.5) is 36.3 Å². The third-order valence-electron chi connectivity index (χ3n) is 8.29. The van der Waals surface area contributed by atoms with Crippen LogP contribution in [0.3, 0.4) is 0 Å². The van der Waals surface area contributed by atoms with Gasteiger partial charge >= 0.3 is 6.18 Å². The zero-order chi connectivity index (χ0) is 32.0. The SMILES string of the molecule is Cc1cc(C2CCN(OC(C)(C)C)CC2)c(C)cc1Nc1ncc(C(F)(F)F)c(NCc2cccc3c2C(C)(C)C(=O)N3)n1. The minimum absolute atomic E-state index is 0.0491. The number of alkyl halides is 3. The summed E-state index contributed by atoms with van der Waals surface area (Å²) in [6.45, 7) is 15.5. The second-order valence-electron chi connectivity index (χ2n) is 13.3. The van der Waals surface area contributed by atoms with Crippen molar-refractivity contribution >= 4 is 29.0 Å². The lowest BCUT2D eigenvalue weighted by molar-refractivity contribution is -0.236. The summed E-state index contributed by atoms with van der Waals surface area (Å²) in [6, 6.07) is 9.53. The fraction of sp³-hybridized carbons (Fsp3) is 0.485. The molecular weight excluding hydrogens is 569 g/mol. The molecule has 0 bridgehead atoms. The maximum atomic E-state index is 14.0. The Hall–Kier alpha value is -3.70. The van der Waals surface area contributed by atoms with E-state index in [1.54, 1.807) is 32.0 Å². The van der Waals surface area contributed by atoms with Crippen molar-refractivity contribution in [2.75, 3.05) is 29.0 Å². The van der Waals surface area contributed by atoms with E-state index < -0.39 is 17.2 Å². The molecule has 1 fully saturated rings. The molecule has 0 aliphatic carbocycles. The van der Waals surface area contributed by atoms with Gasteiger partial charge in [0.05, 0.1) is 11.0 Å². The van der Waals surface area contributed by atoms with Gasteiger partial charge in [-0.15, -0.1) is 0 Å². The summed E-state index contributed by atoms with van der Waals surface area (Å²) >= 11 is 0. The van der Waals surface area contributed by atoms with Gasteiger partial charge in [-0.1, -0.05) is 18.2 Å². The van der Waals surface area contributed by atoms with Crippen LogP contribution in [0.2, 0.25) is 0 Å². The monoisotopic (exact) mass is 610 g/mol. The van der Waals surface area contributed by atoms with Crippen LogP contribution in [0.25, 0.3) is 0 Å². The molecule has 3 N–H and O–H groups in total. The maximum absolute atomic E-state index is 14.0. The average Bonchev–Trinajstić information content (AvgIpc) is 3.16. The molecule has 0 spiro atoms. The van der Waals surface area contributed by atoms with Gasteiger partial charge in [0.25, 0.3) is 0 Å². The van der Waals surface area contributed by atoms with Crippen molar-refractivity contribution in [3.63, 3.8) is 0 Å². The summed E-state index contributed by atoms with van der Waals surface area (Å²) in [7, 11) is 0. The molecule has 3 aromatic rings. The van der Waals surface area contributed by atoms with Gasteiger partial charge in [-0.25, -0.2) is 4.98 Å². The van der Waals surface area contributed by atoms with Crippen molar-refractivity contribution in [1.82, 2.24) is 15.0 Å². The Labute approximate surface area is 256 Å². The predicted molar refractivity (Wildman–Crippen MR) is 166 cm³/mol. The molecule has 44 heavy (non-hydrogen) atoms. The number of halogens is 3. The van der Waals surface area contributed by atoms with Crippen molar-refractivity contribution in [2.45, 2.75) is 91.0 Å². The molecule has 0 unspecified atom stereocenters. The Balaban J connectivity index is 1.35. The van der Waals surface area contributed by atoms with Crippen LogP contribution < -0.4 is 16.0 Å². The van der Waals surface area contributed by atoms with E-state index in [1.165, 1.54) is 5.56 Å². The lowest BCUT2D eigenvalue weighted by atomic mass is 9.83. The van der Waals surface area contributed by atoms with Gasteiger partial charge in [-0.2, -0.15) is 23.2 Å². The number of nitrogens with zero attached hydrogens (tertiary/aromatic N) is 3. The fourth-order valence-corrected chi connectivity index (χ4v) is 6.12. The quantitative estimate of drug-likeness (QED) is 0.254. The molecule has 0 radical (unpaired) electrons. The molecule has 236 valence electrons. The van der Waals surface area contributed by atoms with E-state index in [0.717, 1.165) is 54.5 Å². The number of nitrogens with one attached hydrogen (secondary N) is 3. The number of amides is 1. The summed E-state index contributed by atoms with van der Waals surface area (Å²) < 4.78 is 41.9. The topological polar surface area (TPSA) is 91.4 Å². The Kier molecular flexibility index (Phi) is 8.41. The Bertz CT molecular complexity index is 1560. The standard InChI is InChI=1S/C33H41F3N6O2/c1-19-16-26(20(2)15-23(19)21-11-13-42(14-12-21)44-31(3,4)5)40-30-38-18-24(33(34,35)36)28(41-30)37-17-22-9-8-10-25-27(22)32(6,7)29(43)39-25/h8-10,15-16,18,21H,11-14,17H2,1-7H3,(H,39,43)(H2,37,38,40,41). The highest BCUT2D eigenvalue weighted by molar-refractivity contribution is 6.06. The van der Waals surface area contributed by atoms with Crippen LogP contribution in [-0.2, 0) is 27.8 Å². The Morgan fingerprint density at radius 1 is 1.09 bits per heavy atom. The number of aromatic nitrogens is 2. The highest BCUT2D eigenvalue weighted by Gasteiger charge is 2.40. The van der Waals surface area contributed by atoms with Gasteiger partial charge in [-0.3, -0.25) is 9.63 Å². The summed E-state index contributed by atoms with van der Waals surface area (Å²) in [4.78, 5) is 26.8. The maximum Gasteiger partial charge on any atom is 0.421 e. The van der Waals surface area contributed by atoms with E-state index >= 15 is 0 Å². The van der Waals surface area contributed by atoms with Gasteiger partial charge in [0.15, 0.2) is 0 Å². The van der Waals surface area contributed by atoms with Gasteiger partial charge in [0.1, 0.15) is 11.4 Å². The third-order valence-corrected chi connectivity index (χ3v) is 8.29. The largest absolute Gasteiger partial charge is 0.421 e. The minimum atomic E-state index is -4.65. The first kappa shape index (κ1) is 31.7. The normalized spacial score (nSPS) is 17.4. The lowest BCUT2D eigenvalue weighted by Crippen LogP contribution is -2.39. The van der Waals surface area contributed by atoms with Gasteiger partial charge in [0.2, 0.25) is 11.9 Å². The number of hydrogen-bond acceptors (Lipinski definition) is 7. The van der Waals surface area contributed by atoms with Crippen molar-refractivity contribution in [3.8, 4) is 0 Å². The number of fused-ring (bicyclic) bond motifs is 1. The first-order chi connectivity index (χ1) is 20.5. The molecule has 2 aliphatic rings. The smallest absolute Gasteiger partial charge is 0.365 e. The molecule has 1 amide bonds. The number of carbonyl (C=O) groups is 1. The highest BCUT2D eigenvalue weighted by atomic mass is 19.4. The van der Waals surface area contributed by atoms with E-state index in [9.17, 15) is 18.0 Å². The van der Waals surface area contributed by atoms with Crippen LogP contribution in [-0.4, -0.2) is 39.6 Å². The minimum Gasteiger partial charge on any atom is -0.365 e. The van der Waals surface area contributed by atoms with Crippen LogP contribution in [0.15, 0.2) is 36.5 Å². The van der Waals surface area contributed by atoms with Crippen molar-refractivity contribution in [1.29, 1.82) is 0 Å². The number of hydroxylamine groups is 2. The van der Waals surface area contributed by atoms with Crippen LogP contribution in [0.1, 0.15) is 86.8 Å². The van der Waals surface area contributed by atoms with Gasteiger partial charge in [-0.05, 0) is 107 Å². The van der Waals surface area contributed by atoms with Gasteiger partial charge < -0.3 is 16.0 Å². The molecule has 3 heterocycles. The van der Waals surface area contributed by atoms with E-state index in [2.05, 4.69) is 38.9 Å². The zero-order valence-corrected chi connectivity index (χ0v) is 26.4. The summed E-state index contributed by atoms with van der Waals surface area (Å²) in [5.74, 6) is -0.0338. The van der Waals surface area contributed by atoms with E-state index in [0.29, 0.717) is 17.2 Å². The Morgan fingerprint density at radius 2 is 1.80 bits per heavy atom.